The number of benzene rings is 3. The quantitative estimate of drug-likeness (QED) is 0.200. The fraction of sp³-hybridized carbons (Fsp3) is 0.148. The normalized spacial score (nSPS) is 10.5. The molecule has 9 heteroatoms. The van der Waals surface area contributed by atoms with Gasteiger partial charge in [0.25, 0.3) is 11.6 Å². The fourth-order valence-electron chi connectivity index (χ4n) is 3.34. The molecule has 184 valence electrons. The Labute approximate surface area is 207 Å². The summed E-state index contributed by atoms with van der Waals surface area (Å²) in [6.07, 6.45) is 0. The molecule has 0 aliphatic rings. The summed E-state index contributed by atoms with van der Waals surface area (Å²) in [6, 6.07) is 21.6. The van der Waals surface area contributed by atoms with Crippen LogP contribution in [0.2, 0.25) is 0 Å². The fourth-order valence-corrected chi connectivity index (χ4v) is 3.34. The van der Waals surface area contributed by atoms with Crippen LogP contribution in [-0.2, 0) is 6.61 Å². The third-order valence-electron chi connectivity index (χ3n) is 5.08. The van der Waals surface area contributed by atoms with Gasteiger partial charge in [0.05, 0.1) is 23.3 Å². The molecule has 0 fully saturated rings. The highest BCUT2D eigenvalue weighted by Crippen LogP contribution is 2.31. The van der Waals surface area contributed by atoms with Crippen molar-refractivity contribution in [2.75, 3.05) is 11.9 Å². The SMILES string of the molecule is CCOc1ccc(OCc2ccc(C(=O)Nc3cc(Oc4ccccc4C)cc([N+](=O)[O-])c3)o2)cc1. The van der Waals surface area contributed by atoms with E-state index >= 15 is 0 Å². The average molecular weight is 488 g/mol. The number of para-hydroxylation sites is 1. The van der Waals surface area contributed by atoms with Crippen LogP contribution in [0, 0.1) is 17.0 Å². The molecule has 0 saturated carbocycles. The van der Waals surface area contributed by atoms with E-state index in [1.54, 1.807) is 42.5 Å². The summed E-state index contributed by atoms with van der Waals surface area (Å²) in [6.45, 7) is 4.47. The second kappa shape index (κ2) is 11.1. The standard InChI is InChI=1S/C27H24N2O7/c1-3-33-21-8-10-22(11-9-21)34-17-23-12-13-26(35-23)27(30)28-19-14-20(29(31)32)16-24(15-19)36-25-7-5-4-6-18(25)2/h4-16H,3,17H2,1-2H3,(H,28,30). The number of non-ortho nitro benzene ring substituents is 1. The highest BCUT2D eigenvalue weighted by molar-refractivity contribution is 6.02. The van der Waals surface area contributed by atoms with Gasteiger partial charge >= 0.3 is 0 Å². The molecular formula is C27H24N2O7. The first-order chi connectivity index (χ1) is 17.4. The zero-order chi connectivity index (χ0) is 25.5. The summed E-state index contributed by atoms with van der Waals surface area (Å²) in [5.41, 5.74) is 0.840. The number of hydrogen-bond donors (Lipinski definition) is 1. The number of carbonyl (C=O) groups excluding carboxylic acids is 1. The summed E-state index contributed by atoms with van der Waals surface area (Å²) < 4.78 is 22.5. The number of nitrogens with one attached hydrogen (secondary N) is 1. The molecule has 1 aromatic heterocycles. The summed E-state index contributed by atoms with van der Waals surface area (Å²) in [5, 5.41) is 14.0. The topological polar surface area (TPSA) is 113 Å². The van der Waals surface area contributed by atoms with Crippen molar-refractivity contribution >= 4 is 17.3 Å². The molecule has 1 heterocycles. The van der Waals surface area contributed by atoms with E-state index < -0.39 is 10.8 Å². The molecule has 0 aliphatic heterocycles. The maximum absolute atomic E-state index is 12.7. The molecule has 0 unspecified atom stereocenters. The van der Waals surface area contributed by atoms with Crippen LogP contribution in [0.15, 0.2) is 83.3 Å². The Balaban J connectivity index is 1.43. The Morgan fingerprint density at radius 3 is 2.36 bits per heavy atom. The molecule has 0 aliphatic carbocycles. The van der Waals surface area contributed by atoms with E-state index in [0.717, 1.165) is 11.3 Å². The Kier molecular flexibility index (Phi) is 7.50. The second-order valence-corrected chi connectivity index (χ2v) is 7.75. The third-order valence-corrected chi connectivity index (χ3v) is 5.08. The minimum absolute atomic E-state index is 0.0353. The van der Waals surface area contributed by atoms with E-state index in [0.29, 0.717) is 23.9 Å². The number of amides is 1. The van der Waals surface area contributed by atoms with Crippen LogP contribution in [0.25, 0.3) is 0 Å². The van der Waals surface area contributed by atoms with Crippen LogP contribution in [0.4, 0.5) is 11.4 Å². The smallest absolute Gasteiger partial charge is 0.291 e. The van der Waals surface area contributed by atoms with Crippen molar-refractivity contribution in [1.82, 2.24) is 0 Å². The number of nitro groups is 1. The van der Waals surface area contributed by atoms with Gasteiger partial charge in [-0.05, 0) is 61.9 Å². The van der Waals surface area contributed by atoms with Gasteiger partial charge in [-0.25, -0.2) is 0 Å². The summed E-state index contributed by atoms with van der Waals surface area (Å²) in [4.78, 5) is 23.6. The molecular weight excluding hydrogens is 464 g/mol. The molecule has 9 nitrogen and oxygen atoms in total. The lowest BCUT2D eigenvalue weighted by Gasteiger charge is -2.10. The molecule has 0 spiro atoms. The Morgan fingerprint density at radius 1 is 0.944 bits per heavy atom. The van der Waals surface area contributed by atoms with Crippen LogP contribution < -0.4 is 19.5 Å². The first kappa shape index (κ1) is 24.3. The van der Waals surface area contributed by atoms with E-state index in [-0.39, 0.29) is 29.5 Å². The lowest BCUT2D eigenvalue weighted by Crippen LogP contribution is -2.11. The van der Waals surface area contributed by atoms with E-state index in [2.05, 4.69) is 5.32 Å². The second-order valence-electron chi connectivity index (χ2n) is 7.75. The van der Waals surface area contributed by atoms with Crippen LogP contribution in [0.3, 0.4) is 0 Å². The number of ether oxygens (including phenoxy) is 3. The van der Waals surface area contributed by atoms with E-state index in [4.69, 9.17) is 18.6 Å². The van der Waals surface area contributed by atoms with E-state index in [1.807, 2.05) is 26.0 Å². The molecule has 4 rings (SSSR count). The van der Waals surface area contributed by atoms with Crippen LogP contribution >= 0.6 is 0 Å². The number of nitro benzene ring substituents is 1. The number of carbonyl (C=O) groups is 1. The van der Waals surface area contributed by atoms with Gasteiger partial charge in [0.1, 0.15) is 35.4 Å². The van der Waals surface area contributed by atoms with Crippen molar-refractivity contribution < 1.29 is 28.3 Å². The maximum Gasteiger partial charge on any atom is 0.291 e. The zero-order valence-corrected chi connectivity index (χ0v) is 19.7. The number of aryl methyl sites for hydroxylation is 1. The van der Waals surface area contributed by atoms with Gasteiger partial charge in [0.15, 0.2) is 5.76 Å². The first-order valence-electron chi connectivity index (χ1n) is 11.2. The van der Waals surface area contributed by atoms with Gasteiger partial charge in [-0.3, -0.25) is 14.9 Å². The Hall–Kier alpha value is -4.79. The van der Waals surface area contributed by atoms with Crippen molar-refractivity contribution in [3.05, 3.63) is 106 Å². The van der Waals surface area contributed by atoms with Gasteiger partial charge < -0.3 is 23.9 Å². The molecule has 0 saturated heterocycles. The van der Waals surface area contributed by atoms with Crippen molar-refractivity contribution in [3.63, 3.8) is 0 Å². The van der Waals surface area contributed by atoms with E-state index in [1.165, 1.54) is 24.3 Å². The minimum Gasteiger partial charge on any atom is -0.494 e. The number of nitrogens with zero attached hydrogens (tertiary/aromatic N) is 1. The summed E-state index contributed by atoms with van der Waals surface area (Å²) in [5.74, 6) is 2.06. The number of anilines is 1. The Bertz CT molecular complexity index is 1360. The van der Waals surface area contributed by atoms with Crippen molar-refractivity contribution in [2.24, 2.45) is 0 Å². The molecule has 4 aromatic rings. The molecule has 0 atom stereocenters. The number of rotatable bonds is 10. The lowest BCUT2D eigenvalue weighted by molar-refractivity contribution is -0.384. The van der Waals surface area contributed by atoms with Gasteiger partial charge in [-0.15, -0.1) is 0 Å². The van der Waals surface area contributed by atoms with Gasteiger partial charge in [0.2, 0.25) is 0 Å². The van der Waals surface area contributed by atoms with E-state index in [9.17, 15) is 14.9 Å². The van der Waals surface area contributed by atoms with Gasteiger partial charge in [-0.2, -0.15) is 0 Å². The van der Waals surface area contributed by atoms with Crippen LogP contribution in [-0.4, -0.2) is 17.4 Å². The molecule has 36 heavy (non-hydrogen) atoms. The Morgan fingerprint density at radius 2 is 1.67 bits per heavy atom. The summed E-state index contributed by atoms with van der Waals surface area (Å²) in [7, 11) is 0. The first-order valence-corrected chi connectivity index (χ1v) is 11.2. The highest BCUT2D eigenvalue weighted by atomic mass is 16.6. The minimum atomic E-state index is -0.565. The number of hydrogen-bond acceptors (Lipinski definition) is 7. The highest BCUT2D eigenvalue weighted by Gasteiger charge is 2.17. The summed E-state index contributed by atoms with van der Waals surface area (Å²) >= 11 is 0. The third kappa shape index (κ3) is 6.20. The van der Waals surface area contributed by atoms with Crippen molar-refractivity contribution in [3.8, 4) is 23.0 Å². The van der Waals surface area contributed by atoms with Gasteiger partial charge in [0, 0.05) is 12.1 Å². The average Bonchev–Trinajstić information content (AvgIpc) is 3.34. The largest absolute Gasteiger partial charge is 0.494 e. The lowest BCUT2D eigenvalue weighted by atomic mass is 10.2. The monoisotopic (exact) mass is 488 g/mol. The molecule has 1 N–H and O–H groups in total. The molecule has 1 amide bonds. The molecule has 3 aromatic carbocycles. The zero-order valence-electron chi connectivity index (χ0n) is 19.7. The van der Waals surface area contributed by atoms with Crippen LogP contribution in [0.5, 0.6) is 23.0 Å². The predicted octanol–water partition coefficient (Wildman–Crippen LogP) is 6.52. The molecule has 0 radical (unpaired) electrons. The van der Waals surface area contributed by atoms with Crippen molar-refractivity contribution in [2.45, 2.75) is 20.5 Å². The molecule has 0 bridgehead atoms. The van der Waals surface area contributed by atoms with Crippen LogP contribution in [0.1, 0.15) is 28.8 Å². The van der Waals surface area contributed by atoms with Crippen molar-refractivity contribution in [1.29, 1.82) is 0 Å². The van der Waals surface area contributed by atoms with Gasteiger partial charge in [-0.1, -0.05) is 18.2 Å². The maximum atomic E-state index is 12.7. The number of furan rings is 1. The predicted molar refractivity (Wildman–Crippen MR) is 133 cm³/mol.